The molecule has 124 valence electrons. The fraction of sp³-hybridized carbons (Fsp3) is 0.400. The number of hydrogen-bond donors (Lipinski definition) is 1. The summed E-state index contributed by atoms with van der Waals surface area (Å²) < 4.78 is 5.84. The third-order valence-electron chi connectivity index (χ3n) is 3.06. The topological polar surface area (TPSA) is 75.7 Å². The highest BCUT2D eigenvalue weighted by Crippen LogP contribution is 2.23. The van der Waals surface area contributed by atoms with Crippen LogP contribution in [0.3, 0.4) is 0 Å². The van der Waals surface area contributed by atoms with Crippen molar-refractivity contribution in [3.8, 4) is 0 Å². The third-order valence-corrected chi connectivity index (χ3v) is 4.65. The lowest BCUT2D eigenvalue weighted by atomic mass is 10.4. The third kappa shape index (κ3) is 6.54. The summed E-state index contributed by atoms with van der Waals surface area (Å²) in [7, 11) is 1.50. The average Bonchev–Trinajstić information content (AvgIpc) is 3.21. The molecular formula is C15H17BrN2O4S. The van der Waals surface area contributed by atoms with Crippen molar-refractivity contribution in [3.63, 3.8) is 0 Å². The van der Waals surface area contributed by atoms with E-state index in [-0.39, 0.29) is 25.1 Å². The first-order chi connectivity index (χ1) is 10.9. The van der Waals surface area contributed by atoms with Gasteiger partial charge in [0.05, 0.1) is 10.3 Å². The van der Waals surface area contributed by atoms with E-state index in [1.807, 2.05) is 12.1 Å². The molecule has 1 N–H and O–H groups in total. The van der Waals surface area contributed by atoms with Crippen molar-refractivity contribution < 1.29 is 19.1 Å². The zero-order chi connectivity index (χ0) is 16.8. The lowest BCUT2D eigenvalue weighted by Crippen LogP contribution is -2.40. The molecule has 1 aliphatic rings. The maximum Gasteiger partial charge on any atom is 0.331 e. The summed E-state index contributed by atoms with van der Waals surface area (Å²) in [6.45, 7) is -0.420. The lowest BCUT2D eigenvalue weighted by Gasteiger charge is -2.16. The van der Waals surface area contributed by atoms with Crippen LogP contribution in [0.1, 0.15) is 17.7 Å². The van der Waals surface area contributed by atoms with Crippen LogP contribution in [0.5, 0.6) is 0 Å². The van der Waals surface area contributed by atoms with Gasteiger partial charge < -0.3 is 15.0 Å². The van der Waals surface area contributed by atoms with E-state index in [1.165, 1.54) is 29.4 Å². The van der Waals surface area contributed by atoms with Gasteiger partial charge in [-0.15, -0.1) is 11.3 Å². The highest BCUT2D eigenvalue weighted by molar-refractivity contribution is 9.11. The molecule has 0 aliphatic heterocycles. The normalized spacial score (nSPS) is 13.8. The number of carbonyl (C=O) groups excluding carboxylic acids is 3. The van der Waals surface area contributed by atoms with Gasteiger partial charge in [-0.25, -0.2) is 4.79 Å². The van der Waals surface area contributed by atoms with Gasteiger partial charge in [0, 0.05) is 24.0 Å². The van der Waals surface area contributed by atoms with Crippen molar-refractivity contribution in [2.45, 2.75) is 18.9 Å². The van der Waals surface area contributed by atoms with Gasteiger partial charge in [-0.1, -0.05) is 0 Å². The molecule has 23 heavy (non-hydrogen) atoms. The van der Waals surface area contributed by atoms with E-state index in [9.17, 15) is 14.4 Å². The van der Waals surface area contributed by atoms with E-state index >= 15 is 0 Å². The second-order valence-corrected chi connectivity index (χ2v) is 7.67. The number of thiophene rings is 1. The maximum atomic E-state index is 11.8. The Labute approximate surface area is 146 Å². The minimum Gasteiger partial charge on any atom is -0.452 e. The average molecular weight is 401 g/mol. The predicted octanol–water partition coefficient (Wildman–Crippen LogP) is 1.80. The van der Waals surface area contributed by atoms with Crippen LogP contribution in [0.4, 0.5) is 0 Å². The van der Waals surface area contributed by atoms with E-state index in [0.717, 1.165) is 21.5 Å². The minimum absolute atomic E-state index is 0.0358. The van der Waals surface area contributed by atoms with E-state index < -0.39 is 11.9 Å². The highest BCUT2D eigenvalue weighted by Gasteiger charge is 2.24. The lowest BCUT2D eigenvalue weighted by molar-refractivity contribution is -0.148. The van der Waals surface area contributed by atoms with Crippen LogP contribution in [0, 0.1) is 0 Å². The molecule has 0 atom stereocenters. The van der Waals surface area contributed by atoms with Crippen LogP contribution >= 0.6 is 27.3 Å². The summed E-state index contributed by atoms with van der Waals surface area (Å²) >= 11 is 4.81. The zero-order valence-electron chi connectivity index (χ0n) is 12.6. The molecule has 2 rings (SSSR count). The summed E-state index contributed by atoms with van der Waals surface area (Å²) in [5.41, 5.74) is 0. The SMILES string of the molecule is CN(CC(=O)NC1CC1)C(=O)COC(=O)/C=C/c1ccc(Br)s1. The smallest absolute Gasteiger partial charge is 0.331 e. The second kappa shape index (κ2) is 8.26. The molecule has 6 nitrogen and oxygen atoms in total. The van der Waals surface area contributed by atoms with Gasteiger partial charge >= 0.3 is 5.97 Å². The summed E-state index contributed by atoms with van der Waals surface area (Å²) in [4.78, 5) is 37.1. The Morgan fingerprint density at radius 1 is 1.43 bits per heavy atom. The van der Waals surface area contributed by atoms with Crippen LogP contribution in [-0.2, 0) is 19.1 Å². The summed E-state index contributed by atoms with van der Waals surface area (Å²) in [5.74, 6) is -1.21. The number of ether oxygens (including phenoxy) is 1. The fourth-order valence-corrected chi connectivity index (χ4v) is 2.99. The van der Waals surface area contributed by atoms with Gasteiger partial charge in [-0.3, -0.25) is 9.59 Å². The van der Waals surface area contributed by atoms with Crippen molar-refractivity contribution in [2.24, 2.45) is 0 Å². The summed E-state index contributed by atoms with van der Waals surface area (Å²) in [6, 6.07) is 3.99. The Balaban J connectivity index is 1.68. The predicted molar refractivity (Wildman–Crippen MR) is 90.8 cm³/mol. The van der Waals surface area contributed by atoms with Crippen molar-refractivity contribution in [2.75, 3.05) is 20.2 Å². The zero-order valence-corrected chi connectivity index (χ0v) is 15.0. The molecule has 1 aromatic rings. The molecule has 1 fully saturated rings. The molecule has 0 unspecified atom stereocenters. The van der Waals surface area contributed by atoms with Crippen LogP contribution < -0.4 is 5.32 Å². The highest BCUT2D eigenvalue weighted by atomic mass is 79.9. The standard InChI is InChI=1S/C15H17BrN2O4S/c1-18(8-13(19)17-10-2-3-10)14(20)9-22-15(21)7-5-11-4-6-12(16)23-11/h4-7,10H,2-3,8-9H2,1H3,(H,17,19)/b7-5+. The Morgan fingerprint density at radius 2 is 2.17 bits per heavy atom. The van der Waals surface area contributed by atoms with Crippen LogP contribution in [0.2, 0.25) is 0 Å². The molecule has 0 radical (unpaired) electrons. The molecular weight excluding hydrogens is 384 g/mol. The van der Waals surface area contributed by atoms with Gasteiger partial charge in [-0.05, 0) is 47.0 Å². The molecule has 2 amide bonds. The van der Waals surface area contributed by atoms with Crippen LogP contribution in [0.25, 0.3) is 6.08 Å². The maximum absolute atomic E-state index is 11.8. The van der Waals surface area contributed by atoms with E-state index in [2.05, 4.69) is 21.2 Å². The van der Waals surface area contributed by atoms with Gasteiger partial charge in [0.2, 0.25) is 5.91 Å². The first kappa shape index (κ1) is 17.7. The monoisotopic (exact) mass is 400 g/mol. The van der Waals surface area contributed by atoms with Crippen molar-refractivity contribution in [3.05, 3.63) is 26.9 Å². The number of nitrogens with one attached hydrogen (secondary N) is 1. The quantitative estimate of drug-likeness (QED) is 0.559. The Morgan fingerprint density at radius 3 is 2.78 bits per heavy atom. The summed E-state index contributed by atoms with van der Waals surface area (Å²) in [6.07, 6.45) is 4.88. The number of nitrogens with zero attached hydrogens (tertiary/aromatic N) is 1. The van der Waals surface area contributed by atoms with Crippen molar-refractivity contribution >= 4 is 51.1 Å². The molecule has 1 aromatic heterocycles. The van der Waals surface area contributed by atoms with Crippen molar-refractivity contribution in [1.82, 2.24) is 10.2 Å². The van der Waals surface area contributed by atoms with E-state index in [0.29, 0.717) is 0 Å². The Hall–Kier alpha value is -1.67. The molecule has 0 aromatic carbocycles. The number of rotatable bonds is 7. The second-order valence-electron chi connectivity index (χ2n) is 5.17. The minimum atomic E-state index is -0.598. The molecule has 0 saturated heterocycles. The fourth-order valence-electron chi connectivity index (χ4n) is 1.66. The van der Waals surface area contributed by atoms with E-state index in [4.69, 9.17) is 4.74 Å². The van der Waals surface area contributed by atoms with Gasteiger partial charge in [0.1, 0.15) is 0 Å². The van der Waals surface area contributed by atoms with Gasteiger partial charge in [0.15, 0.2) is 6.61 Å². The number of hydrogen-bond acceptors (Lipinski definition) is 5. The molecule has 1 aliphatic carbocycles. The molecule has 1 heterocycles. The molecule has 0 bridgehead atoms. The number of halogens is 1. The first-order valence-corrected chi connectivity index (χ1v) is 8.68. The first-order valence-electron chi connectivity index (χ1n) is 7.07. The largest absolute Gasteiger partial charge is 0.452 e. The van der Waals surface area contributed by atoms with E-state index in [1.54, 1.807) is 6.08 Å². The number of esters is 1. The van der Waals surface area contributed by atoms with Crippen LogP contribution in [0.15, 0.2) is 22.0 Å². The Kier molecular flexibility index (Phi) is 6.35. The molecule has 1 saturated carbocycles. The van der Waals surface area contributed by atoms with Gasteiger partial charge in [0.25, 0.3) is 5.91 Å². The molecule has 0 spiro atoms. The number of amides is 2. The van der Waals surface area contributed by atoms with Crippen LogP contribution in [-0.4, -0.2) is 48.9 Å². The number of carbonyl (C=O) groups is 3. The van der Waals surface area contributed by atoms with Crippen molar-refractivity contribution in [1.29, 1.82) is 0 Å². The molecule has 8 heteroatoms. The number of likely N-dealkylation sites (N-methyl/N-ethyl adjacent to an activating group) is 1. The summed E-state index contributed by atoms with van der Waals surface area (Å²) in [5, 5.41) is 2.79. The Bertz CT molecular complexity index is 625. The van der Waals surface area contributed by atoms with Gasteiger partial charge in [-0.2, -0.15) is 0 Å².